The quantitative estimate of drug-likeness (QED) is 0.826. The number of pyridine rings is 1. The second-order valence-electron chi connectivity index (χ2n) is 3.55. The molecule has 0 atom stereocenters. The molecule has 0 radical (unpaired) electrons. The zero-order valence-corrected chi connectivity index (χ0v) is 11.4. The van der Waals surface area contributed by atoms with Crippen molar-refractivity contribution in [3.8, 4) is 11.3 Å². The summed E-state index contributed by atoms with van der Waals surface area (Å²) >= 11 is 17.7. The fraction of sp³-hybridized carbons (Fsp3) is 0. The van der Waals surface area contributed by atoms with Crippen molar-refractivity contribution in [2.75, 3.05) is 0 Å². The van der Waals surface area contributed by atoms with Gasteiger partial charge in [-0.15, -0.1) is 0 Å². The van der Waals surface area contributed by atoms with Crippen molar-refractivity contribution in [2.24, 2.45) is 0 Å². The summed E-state index contributed by atoms with van der Waals surface area (Å²) in [6, 6.07) is 4.92. The zero-order chi connectivity index (χ0) is 14.2. The molecule has 1 aromatic carbocycles. The van der Waals surface area contributed by atoms with Crippen LogP contribution in [-0.2, 0) is 0 Å². The Morgan fingerprint density at radius 1 is 1.11 bits per heavy atom. The number of hydrogen-bond acceptors (Lipinski definition) is 2. The van der Waals surface area contributed by atoms with Gasteiger partial charge in [0.2, 0.25) is 0 Å². The van der Waals surface area contributed by atoms with E-state index in [9.17, 15) is 9.18 Å². The van der Waals surface area contributed by atoms with Crippen molar-refractivity contribution in [1.29, 1.82) is 0 Å². The third-order valence-electron chi connectivity index (χ3n) is 2.35. The first-order chi connectivity index (χ1) is 8.91. The van der Waals surface area contributed by atoms with Gasteiger partial charge < -0.3 is 5.11 Å². The van der Waals surface area contributed by atoms with E-state index in [4.69, 9.17) is 39.9 Å². The summed E-state index contributed by atoms with van der Waals surface area (Å²) in [7, 11) is 0. The highest BCUT2D eigenvalue weighted by atomic mass is 35.5. The number of halogens is 4. The van der Waals surface area contributed by atoms with Crippen LogP contribution in [0.3, 0.4) is 0 Å². The van der Waals surface area contributed by atoms with Gasteiger partial charge in [0.1, 0.15) is 17.2 Å². The molecule has 1 aromatic heterocycles. The maximum atomic E-state index is 13.8. The first-order valence-electron chi connectivity index (χ1n) is 4.95. The van der Waals surface area contributed by atoms with Crippen molar-refractivity contribution >= 4 is 40.8 Å². The summed E-state index contributed by atoms with van der Waals surface area (Å²) in [5.41, 5.74) is -0.502. The van der Waals surface area contributed by atoms with Crippen molar-refractivity contribution in [1.82, 2.24) is 4.98 Å². The van der Waals surface area contributed by atoms with Crippen LogP contribution in [-0.4, -0.2) is 16.1 Å². The first kappa shape index (κ1) is 14.1. The Morgan fingerprint density at radius 3 is 2.37 bits per heavy atom. The van der Waals surface area contributed by atoms with E-state index in [-0.39, 0.29) is 32.0 Å². The van der Waals surface area contributed by atoms with Gasteiger partial charge in [0.25, 0.3) is 0 Å². The van der Waals surface area contributed by atoms with Gasteiger partial charge in [-0.1, -0.05) is 34.8 Å². The summed E-state index contributed by atoms with van der Waals surface area (Å²) < 4.78 is 13.8. The van der Waals surface area contributed by atoms with Gasteiger partial charge in [-0.2, -0.15) is 0 Å². The van der Waals surface area contributed by atoms with E-state index >= 15 is 0 Å². The molecule has 98 valence electrons. The average Bonchev–Trinajstić information content (AvgIpc) is 2.36. The predicted octanol–water partition coefficient (Wildman–Crippen LogP) is 4.55. The SMILES string of the molecule is O=C(O)c1ccc(F)c(-c2c(Cl)ccc(Cl)c2Cl)n1. The molecule has 0 spiro atoms. The fourth-order valence-corrected chi connectivity index (χ4v) is 2.19. The topological polar surface area (TPSA) is 50.2 Å². The van der Waals surface area contributed by atoms with Crippen molar-refractivity contribution in [3.63, 3.8) is 0 Å². The molecule has 0 aliphatic carbocycles. The molecule has 0 aliphatic heterocycles. The number of carboxylic acid groups (broad SMARTS) is 1. The Kier molecular flexibility index (Phi) is 3.94. The summed E-state index contributed by atoms with van der Waals surface area (Å²) in [6.45, 7) is 0. The first-order valence-corrected chi connectivity index (χ1v) is 6.09. The molecule has 3 nitrogen and oxygen atoms in total. The zero-order valence-electron chi connectivity index (χ0n) is 9.12. The molecular weight excluding hydrogens is 315 g/mol. The highest BCUT2D eigenvalue weighted by Gasteiger charge is 2.19. The van der Waals surface area contributed by atoms with E-state index in [0.717, 1.165) is 12.1 Å². The molecule has 19 heavy (non-hydrogen) atoms. The highest BCUT2D eigenvalue weighted by Crippen LogP contribution is 2.39. The molecule has 0 saturated heterocycles. The third-order valence-corrected chi connectivity index (χ3v) is 3.47. The second-order valence-corrected chi connectivity index (χ2v) is 4.74. The summed E-state index contributed by atoms with van der Waals surface area (Å²) in [5.74, 6) is -2.02. The third kappa shape index (κ3) is 2.66. The van der Waals surface area contributed by atoms with Crippen LogP contribution in [0.15, 0.2) is 24.3 Å². The van der Waals surface area contributed by atoms with Gasteiger partial charge in [0, 0.05) is 5.56 Å². The smallest absolute Gasteiger partial charge is 0.354 e. The number of rotatable bonds is 2. The summed E-state index contributed by atoms with van der Waals surface area (Å²) in [6.07, 6.45) is 0. The maximum absolute atomic E-state index is 13.8. The van der Waals surface area contributed by atoms with Crippen LogP contribution in [0.4, 0.5) is 4.39 Å². The number of carboxylic acids is 1. The lowest BCUT2D eigenvalue weighted by molar-refractivity contribution is 0.0690. The number of hydrogen-bond donors (Lipinski definition) is 1. The number of carbonyl (C=O) groups is 1. The number of aromatic nitrogens is 1. The van der Waals surface area contributed by atoms with E-state index in [1.54, 1.807) is 0 Å². The van der Waals surface area contributed by atoms with E-state index in [2.05, 4.69) is 4.98 Å². The van der Waals surface area contributed by atoms with Gasteiger partial charge in [0.05, 0.1) is 15.1 Å². The Bertz CT molecular complexity index is 676. The molecule has 0 bridgehead atoms. The van der Waals surface area contributed by atoms with Crippen LogP contribution in [0.1, 0.15) is 10.5 Å². The van der Waals surface area contributed by atoms with Crippen LogP contribution in [0.2, 0.25) is 15.1 Å². The molecular formula is C12H5Cl3FNO2. The summed E-state index contributed by atoms with van der Waals surface area (Å²) in [5, 5.41) is 9.18. The van der Waals surface area contributed by atoms with Crippen molar-refractivity contribution < 1.29 is 14.3 Å². The maximum Gasteiger partial charge on any atom is 0.354 e. The summed E-state index contributed by atoms with van der Waals surface area (Å²) in [4.78, 5) is 14.6. The number of aromatic carboxylic acids is 1. The molecule has 1 N–H and O–H groups in total. The molecule has 0 aliphatic rings. The van der Waals surface area contributed by atoms with Crippen LogP contribution in [0.5, 0.6) is 0 Å². The highest BCUT2D eigenvalue weighted by molar-refractivity contribution is 6.46. The van der Waals surface area contributed by atoms with Gasteiger partial charge in [0.15, 0.2) is 0 Å². The second kappa shape index (κ2) is 5.33. The fourth-order valence-electron chi connectivity index (χ4n) is 1.48. The monoisotopic (exact) mass is 319 g/mol. The lowest BCUT2D eigenvalue weighted by atomic mass is 10.1. The minimum Gasteiger partial charge on any atom is -0.477 e. The largest absolute Gasteiger partial charge is 0.477 e. The van der Waals surface area contributed by atoms with Crippen LogP contribution in [0, 0.1) is 5.82 Å². The number of nitrogens with zero attached hydrogens (tertiary/aromatic N) is 1. The van der Waals surface area contributed by atoms with Crippen molar-refractivity contribution in [3.05, 3.63) is 50.8 Å². The minimum absolute atomic E-state index is 0.0168. The number of benzene rings is 1. The lowest BCUT2D eigenvalue weighted by Gasteiger charge is -2.09. The Morgan fingerprint density at radius 2 is 1.74 bits per heavy atom. The van der Waals surface area contributed by atoms with Crippen LogP contribution in [0.25, 0.3) is 11.3 Å². The Labute approximate surface area is 122 Å². The molecule has 1 heterocycles. The van der Waals surface area contributed by atoms with Gasteiger partial charge >= 0.3 is 5.97 Å². The molecule has 0 amide bonds. The van der Waals surface area contributed by atoms with Crippen LogP contribution >= 0.6 is 34.8 Å². The van der Waals surface area contributed by atoms with E-state index in [0.29, 0.717) is 0 Å². The molecule has 0 saturated carbocycles. The van der Waals surface area contributed by atoms with E-state index in [1.807, 2.05) is 0 Å². The van der Waals surface area contributed by atoms with E-state index in [1.165, 1.54) is 12.1 Å². The van der Waals surface area contributed by atoms with Crippen LogP contribution < -0.4 is 0 Å². The van der Waals surface area contributed by atoms with E-state index < -0.39 is 11.8 Å². The standard InChI is InChI=1S/C12H5Cl3FNO2/c13-5-1-2-6(14)10(15)9(5)11-7(16)3-4-8(17-11)12(18)19/h1-4H,(H,18,19). The predicted molar refractivity (Wildman–Crippen MR) is 71.6 cm³/mol. The molecule has 0 unspecified atom stereocenters. The normalized spacial score (nSPS) is 10.5. The molecule has 2 rings (SSSR count). The minimum atomic E-state index is -1.28. The van der Waals surface area contributed by atoms with Gasteiger partial charge in [-0.25, -0.2) is 14.2 Å². The lowest BCUT2D eigenvalue weighted by Crippen LogP contribution is -2.03. The molecule has 2 aromatic rings. The molecule has 0 fully saturated rings. The van der Waals surface area contributed by atoms with Crippen molar-refractivity contribution in [2.45, 2.75) is 0 Å². The molecule has 7 heteroatoms. The Hall–Kier alpha value is -1.36. The van der Waals surface area contributed by atoms with Gasteiger partial charge in [-0.05, 0) is 24.3 Å². The average molecular weight is 321 g/mol. The van der Waals surface area contributed by atoms with Gasteiger partial charge in [-0.3, -0.25) is 0 Å². The Balaban J connectivity index is 2.75.